The Labute approximate surface area is 101 Å². The van der Waals surface area contributed by atoms with Gasteiger partial charge in [-0.25, -0.2) is 4.99 Å². The van der Waals surface area contributed by atoms with Crippen molar-refractivity contribution in [3.63, 3.8) is 0 Å². The third-order valence-corrected chi connectivity index (χ3v) is 2.05. The molecule has 0 saturated heterocycles. The highest BCUT2D eigenvalue weighted by Gasteiger charge is 2.00. The first-order valence-corrected chi connectivity index (χ1v) is 5.40. The first-order valence-electron chi connectivity index (χ1n) is 4.99. The number of benzene rings is 1. The molecule has 0 aliphatic heterocycles. The van der Waals surface area contributed by atoms with Gasteiger partial charge in [0.1, 0.15) is 12.4 Å². The predicted molar refractivity (Wildman–Crippen MR) is 66.4 cm³/mol. The molecular formula is C12H14NO2S. The van der Waals surface area contributed by atoms with E-state index in [0.29, 0.717) is 25.7 Å². The second-order valence-corrected chi connectivity index (χ2v) is 3.56. The number of aliphatic hydroxyl groups is 1. The number of hydrogen-bond acceptors (Lipinski definition) is 4. The van der Waals surface area contributed by atoms with Crippen molar-refractivity contribution < 1.29 is 9.84 Å². The first kappa shape index (κ1) is 12.8. The van der Waals surface area contributed by atoms with E-state index in [9.17, 15) is 0 Å². The lowest BCUT2D eigenvalue weighted by Gasteiger charge is -2.06. The Morgan fingerprint density at radius 1 is 1.44 bits per heavy atom. The minimum atomic E-state index is 0.406. The molecule has 0 aliphatic carbocycles. The van der Waals surface area contributed by atoms with Gasteiger partial charge in [0.25, 0.3) is 0 Å². The van der Waals surface area contributed by atoms with E-state index in [1.54, 1.807) is 6.92 Å². The van der Waals surface area contributed by atoms with E-state index in [1.165, 1.54) is 0 Å². The van der Waals surface area contributed by atoms with Gasteiger partial charge in [0, 0.05) is 6.42 Å². The topological polar surface area (TPSA) is 41.8 Å². The van der Waals surface area contributed by atoms with Crippen LogP contribution in [-0.4, -0.2) is 23.4 Å². The summed E-state index contributed by atoms with van der Waals surface area (Å²) in [5.74, 6) is 0.791. The van der Waals surface area contributed by atoms with Gasteiger partial charge in [0.2, 0.25) is 0 Å². The van der Waals surface area contributed by atoms with E-state index < -0.39 is 0 Å². The molecule has 4 heteroatoms. The van der Waals surface area contributed by atoms with Gasteiger partial charge < -0.3 is 9.84 Å². The number of thiocarbonyl (C=S) groups is 1. The van der Waals surface area contributed by atoms with E-state index in [1.807, 2.05) is 24.3 Å². The van der Waals surface area contributed by atoms with Gasteiger partial charge in [-0.1, -0.05) is 12.1 Å². The maximum Gasteiger partial charge on any atom is 0.119 e. The van der Waals surface area contributed by atoms with Crippen LogP contribution >= 0.6 is 12.2 Å². The summed E-state index contributed by atoms with van der Waals surface area (Å²) in [7, 11) is 0. The number of isothiocyanates is 1. The zero-order chi connectivity index (χ0) is 11.8. The molecule has 1 aromatic rings. The molecule has 1 N–H and O–H groups in total. The molecule has 1 radical (unpaired) electrons. The van der Waals surface area contributed by atoms with Gasteiger partial charge in [0.15, 0.2) is 0 Å². The molecule has 0 fully saturated rings. The molecule has 0 heterocycles. The number of ether oxygens (including phenoxy) is 1. The van der Waals surface area contributed by atoms with Crippen molar-refractivity contribution in [1.82, 2.24) is 0 Å². The highest BCUT2D eigenvalue weighted by molar-refractivity contribution is 7.78. The van der Waals surface area contributed by atoms with Gasteiger partial charge >= 0.3 is 0 Å². The van der Waals surface area contributed by atoms with Crippen molar-refractivity contribution in [2.75, 3.05) is 13.2 Å². The first-order chi connectivity index (χ1) is 7.72. The molecule has 0 atom stereocenters. The monoisotopic (exact) mass is 236 g/mol. The third-order valence-electron chi connectivity index (χ3n) is 1.92. The minimum Gasteiger partial charge on any atom is -0.492 e. The van der Waals surface area contributed by atoms with Crippen molar-refractivity contribution in [3.8, 4) is 5.75 Å². The molecule has 3 nitrogen and oxygen atoms in total. The number of hydrogen-bond donors (Lipinski definition) is 1. The van der Waals surface area contributed by atoms with Gasteiger partial charge in [-0.2, -0.15) is 0 Å². The number of nitrogens with zero attached hydrogens (tertiary/aromatic N) is 1. The van der Waals surface area contributed by atoms with Crippen LogP contribution in [-0.2, 0) is 6.42 Å². The predicted octanol–water partition coefficient (Wildman–Crippen LogP) is 2.64. The number of aliphatic imine (C=N–C) groups is 1. The van der Waals surface area contributed by atoms with Crippen LogP contribution in [0.25, 0.3) is 0 Å². The van der Waals surface area contributed by atoms with Crippen molar-refractivity contribution in [3.05, 3.63) is 35.9 Å². The molecule has 1 aromatic carbocycles. The van der Waals surface area contributed by atoms with Crippen LogP contribution < -0.4 is 4.74 Å². The smallest absolute Gasteiger partial charge is 0.119 e. The fourth-order valence-corrected chi connectivity index (χ4v) is 1.35. The molecular weight excluding hydrogens is 222 g/mol. The van der Waals surface area contributed by atoms with Crippen LogP contribution in [0.1, 0.15) is 12.5 Å². The lowest BCUT2D eigenvalue weighted by molar-refractivity contribution is 0.306. The van der Waals surface area contributed by atoms with Gasteiger partial charge in [-0.3, -0.25) is 0 Å². The maximum absolute atomic E-state index is 9.13. The molecule has 0 unspecified atom stereocenters. The maximum atomic E-state index is 9.13. The molecule has 16 heavy (non-hydrogen) atoms. The Morgan fingerprint density at radius 3 is 2.69 bits per heavy atom. The Kier molecular flexibility index (Phi) is 5.72. The van der Waals surface area contributed by atoms with Crippen molar-refractivity contribution in [2.24, 2.45) is 4.99 Å². The van der Waals surface area contributed by atoms with Crippen LogP contribution in [0, 0.1) is 6.10 Å². The summed E-state index contributed by atoms with van der Waals surface area (Å²) >= 11 is 4.44. The molecule has 0 aromatic heterocycles. The number of rotatable bonds is 6. The third kappa shape index (κ3) is 5.03. The zero-order valence-corrected chi connectivity index (χ0v) is 9.96. The SMILES string of the molecule is C[C](O)Cc1ccc(OCCN=C=S)cc1. The molecule has 85 valence electrons. The minimum absolute atomic E-state index is 0.406. The summed E-state index contributed by atoms with van der Waals surface area (Å²) in [6.45, 7) is 2.70. The molecule has 1 rings (SSSR count). The zero-order valence-electron chi connectivity index (χ0n) is 9.14. The standard InChI is InChI=1S/C12H14NO2S/c1-10(14)8-11-2-4-12(5-3-11)15-7-6-13-9-16/h2-5,14H,6-8H2,1H3. The van der Waals surface area contributed by atoms with Crippen molar-refractivity contribution in [2.45, 2.75) is 13.3 Å². The van der Waals surface area contributed by atoms with Crippen LogP contribution in [0.2, 0.25) is 0 Å². The summed E-state index contributed by atoms with van der Waals surface area (Å²) < 4.78 is 5.42. The van der Waals surface area contributed by atoms with E-state index in [-0.39, 0.29) is 0 Å². The van der Waals surface area contributed by atoms with Gasteiger partial charge in [-0.05, 0) is 36.8 Å². The Balaban J connectivity index is 2.41. The Hall–Kier alpha value is -1.22. The van der Waals surface area contributed by atoms with Gasteiger partial charge in [-0.15, -0.1) is 0 Å². The van der Waals surface area contributed by atoms with Crippen molar-refractivity contribution >= 4 is 17.4 Å². The lowest BCUT2D eigenvalue weighted by Crippen LogP contribution is -2.01. The van der Waals surface area contributed by atoms with Crippen LogP contribution in [0.3, 0.4) is 0 Å². The summed E-state index contributed by atoms with van der Waals surface area (Å²) in [6.07, 6.45) is 0.985. The van der Waals surface area contributed by atoms with Crippen LogP contribution in [0.4, 0.5) is 0 Å². The van der Waals surface area contributed by atoms with E-state index >= 15 is 0 Å². The second kappa shape index (κ2) is 7.12. The van der Waals surface area contributed by atoms with Crippen molar-refractivity contribution in [1.29, 1.82) is 0 Å². The Bertz CT molecular complexity index is 356. The highest BCUT2D eigenvalue weighted by atomic mass is 32.1. The fraction of sp³-hybridized carbons (Fsp3) is 0.333. The summed E-state index contributed by atoms with van der Waals surface area (Å²) in [5.41, 5.74) is 1.06. The summed E-state index contributed by atoms with van der Waals surface area (Å²) in [6, 6.07) is 7.61. The van der Waals surface area contributed by atoms with Crippen LogP contribution in [0.15, 0.2) is 29.3 Å². The summed E-state index contributed by atoms with van der Waals surface area (Å²) in [5, 5.41) is 11.4. The average molecular weight is 236 g/mol. The molecule has 0 spiro atoms. The van der Waals surface area contributed by atoms with Crippen LogP contribution in [0.5, 0.6) is 5.75 Å². The molecule has 0 amide bonds. The normalized spacial score (nSPS) is 9.94. The van der Waals surface area contributed by atoms with Gasteiger partial charge in [0.05, 0.1) is 17.8 Å². The largest absolute Gasteiger partial charge is 0.492 e. The molecule has 0 bridgehead atoms. The molecule has 0 saturated carbocycles. The Morgan fingerprint density at radius 2 is 2.12 bits per heavy atom. The van der Waals surface area contributed by atoms with E-state index in [4.69, 9.17) is 9.84 Å². The molecule has 0 aliphatic rings. The van der Waals surface area contributed by atoms with E-state index in [2.05, 4.69) is 22.4 Å². The fourth-order valence-electron chi connectivity index (χ4n) is 1.25. The lowest BCUT2D eigenvalue weighted by atomic mass is 10.1. The second-order valence-electron chi connectivity index (χ2n) is 3.38. The summed E-state index contributed by atoms with van der Waals surface area (Å²) in [4.78, 5) is 3.75. The average Bonchev–Trinajstić information content (AvgIpc) is 2.26. The van der Waals surface area contributed by atoms with E-state index in [0.717, 1.165) is 11.3 Å². The number of aliphatic hydroxyl groups excluding tert-OH is 1. The quantitative estimate of drug-likeness (QED) is 0.469. The highest BCUT2D eigenvalue weighted by Crippen LogP contribution is 2.14.